The summed E-state index contributed by atoms with van der Waals surface area (Å²) in [6.07, 6.45) is 28.1. The standard InChI is InChI=1S/C27H32F2N6O2S.C27H32N8O2.C27H32N8OS.C27H30N6O2S/c1-16-31-14-24(38-16)19-12-17-4-3-8-34(23(17)13-20(19)25(28)29)26-21-15-33(27(36)30-2)9-5-22(21)35(32-26)18-6-10-37-11-7-18;2*1-18-29-30-27(37-18)33-11-7-25-23(17-33)26(31-35(25)22-8-12-36-13-9-22)34-10-3-4-20-14-19(5-6-24(20)34)21-15-28-32(2)16-21;1-17-29-15-26(36-17)22-12-19-4-3-8-32(25(19)13-20(22)14-28)27-23-16-31(18(2)34)9-5-24(23)33(30-27)21-6-10-35-11-7-21/h12-14,18,25H,3-11,15H2,1-2H3,(H,30,36);2*5-6,14-16,22H,3-4,7-13,17H2,1-2H3;12-13,15,21H,3-11,16H2,1-2H3. The van der Waals surface area contributed by atoms with Crippen molar-refractivity contribution in [3.63, 3.8) is 0 Å². The van der Waals surface area contributed by atoms with Gasteiger partial charge in [0.15, 0.2) is 23.3 Å². The van der Waals surface area contributed by atoms with Gasteiger partial charge in [-0.3, -0.25) is 32.9 Å². The Labute approximate surface area is 870 Å². The van der Waals surface area contributed by atoms with E-state index in [2.05, 4.69) is 155 Å². The molecule has 4 saturated heterocycles. The average Bonchev–Trinajstić information content (AvgIpc) is 1.61. The SMILES string of the molecule is CC(=O)N1CCc2c(c(N3CCCc4cc(-c5cnc(C)s5)c(C#N)cc43)nn2C2CCOCC2)C1.CNC(=O)N1CCc2c(c(N3CCCc4cc(-c5cnc(C)s5)c(C(F)F)cc43)nn2C2CCOCC2)C1.Cc1nnc(N2CCc3c(c(N4CCCc5cc(-c6cnn(C)c6)ccc54)nn3C3CCOCC3)C2)o1.Cc1nnc(N2CCc3c(c(N4CCCc5cc(-c6cnn(C)c6)ccc54)nn3C3CCOCC3)C2)s1. The highest BCUT2D eigenvalue weighted by Gasteiger charge is 2.42. The summed E-state index contributed by atoms with van der Waals surface area (Å²) in [5, 5.41) is 63.6. The second-order valence-electron chi connectivity index (χ2n) is 40.6. The van der Waals surface area contributed by atoms with Crippen molar-refractivity contribution in [1.29, 1.82) is 5.26 Å². The van der Waals surface area contributed by atoms with Crippen LogP contribution >= 0.6 is 34.0 Å². The van der Waals surface area contributed by atoms with Crippen molar-refractivity contribution in [2.75, 3.05) is 142 Å². The number of urea groups is 1. The number of halogens is 2. The number of amides is 3. The molecule has 14 aromatic rings. The largest absolute Gasteiger partial charge is 0.408 e. The molecule has 0 unspecified atom stereocenters. The van der Waals surface area contributed by atoms with Crippen LogP contribution in [0.1, 0.15) is 214 Å². The number of benzene rings is 4. The normalized spacial score (nSPS) is 18.1. The van der Waals surface area contributed by atoms with Gasteiger partial charge in [-0.2, -0.15) is 35.9 Å². The van der Waals surface area contributed by atoms with Crippen molar-refractivity contribution in [3.05, 3.63) is 197 Å². The van der Waals surface area contributed by atoms with Crippen molar-refractivity contribution in [3.8, 4) is 49.2 Å². The van der Waals surface area contributed by atoms with E-state index in [0.717, 1.165) is 318 Å². The average molecular weight is 2060 g/mol. The number of nitrogens with one attached hydrogen (secondary N) is 1. The van der Waals surface area contributed by atoms with Crippen molar-refractivity contribution in [2.45, 2.75) is 220 Å². The minimum atomic E-state index is -2.61. The summed E-state index contributed by atoms with van der Waals surface area (Å²) in [5.41, 5.74) is 26.2. The molecule has 3 amide bonds. The number of nitrogens with zero attached hydrogens (tertiary/aromatic N) is 27. The fraction of sp³-hybridized carbons (Fsp3) is 0.491. The van der Waals surface area contributed by atoms with E-state index >= 15 is 0 Å². The lowest BCUT2D eigenvalue weighted by Gasteiger charge is -2.33. The third-order valence-electron chi connectivity index (χ3n) is 31.3. The Hall–Kier alpha value is -13.2. The van der Waals surface area contributed by atoms with E-state index < -0.39 is 6.43 Å². The first-order chi connectivity index (χ1) is 72.2. The molecular formula is C108H126F2N28O7S3. The van der Waals surface area contributed by atoms with Gasteiger partial charge >= 0.3 is 12.0 Å². The number of thiazole rings is 2. The molecule has 35 nitrogen and oxygen atoms in total. The van der Waals surface area contributed by atoms with Crippen LogP contribution in [0.2, 0.25) is 0 Å². The Morgan fingerprint density at radius 1 is 0.439 bits per heavy atom. The third kappa shape index (κ3) is 19.6. The van der Waals surface area contributed by atoms with E-state index in [1.807, 2.05) is 86.8 Å². The maximum Gasteiger partial charge on any atom is 0.318 e. The molecule has 1 N–H and O–H groups in total. The summed E-state index contributed by atoms with van der Waals surface area (Å²) in [7, 11) is 5.56. The number of hydrogen-bond acceptors (Lipinski definition) is 29. The van der Waals surface area contributed by atoms with Crippen molar-refractivity contribution >= 4 is 103 Å². The minimum Gasteiger partial charge on any atom is -0.408 e. The van der Waals surface area contributed by atoms with E-state index in [-0.39, 0.29) is 23.5 Å². The minimum absolute atomic E-state index is 0.0176. The van der Waals surface area contributed by atoms with Gasteiger partial charge < -0.3 is 67.9 Å². The summed E-state index contributed by atoms with van der Waals surface area (Å²) in [6, 6.07) is 25.7. The topological polar surface area (TPSA) is 330 Å². The second-order valence-corrected chi connectivity index (χ2v) is 44.3. The Balaban J connectivity index is 0.000000108. The van der Waals surface area contributed by atoms with Crippen molar-refractivity contribution in [2.24, 2.45) is 14.1 Å². The van der Waals surface area contributed by atoms with E-state index in [4.69, 9.17) is 43.8 Å². The first-order valence-electron chi connectivity index (χ1n) is 52.5. The molecule has 0 spiro atoms. The van der Waals surface area contributed by atoms with E-state index in [1.165, 1.54) is 78.7 Å². The summed E-state index contributed by atoms with van der Waals surface area (Å²) in [5.74, 6) is 4.59. The molecule has 772 valence electrons. The van der Waals surface area contributed by atoms with Gasteiger partial charge in [-0.05, 0) is 205 Å². The van der Waals surface area contributed by atoms with Gasteiger partial charge in [0.1, 0.15) is 5.01 Å². The molecule has 0 atom stereocenters. The number of aryl methyl sites for hydroxylation is 10. The number of carbonyl (C=O) groups excluding carboxylic acids is 2. The summed E-state index contributed by atoms with van der Waals surface area (Å²) < 4.78 is 69.9. The summed E-state index contributed by atoms with van der Waals surface area (Å²) >= 11 is 4.73. The molecule has 12 aliphatic heterocycles. The number of carbonyl (C=O) groups is 2. The second kappa shape index (κ2) is 42.5. The number of fused-ring (bicyclic) bond motifs is 8. The molecule has 40 heteroatoms. The Morgan fingerprint density at radius 2 is 0.851 bits per heavy atom. The predicted octanol–water partition coefficient (Wildman–Crippen LogP) is 18.3. The van der Waals surface area contributed by atoms with E-state index in [9.17, 15) is 23.6 Å². The molecule has 22 heterocycles. The molecule has 0 radical (unpaired) electrons. The summed E-state index contributed by atoms with van der Waals surface area (Å²) in [4.78, 5) is 52.9. The van der Waals surface area contributed by atoms with E-state index in [0.29, 0.717) is 87.0 Å². The van der Waals surface area contributed by atoms with E-state index in [1.54, 1.807) is 53.8 Å². The lowest BCUT2D eigenvalue weighted by atomic mass is 9.94. The Bertz CT molecular complexity index is 7050. The highest BCUT2D eigenvalue weighted by atomic mass is 32.1. The number of ether oxygens (including phenoxy) is 4. The van der Waals surface area contributed by atoms with Crippen LogP contribution in [0.3, 0.4) is 0 Å². The van der Waals surface area contributed by atoms with Crippen LogP contribution < -0.4 is 34.7 Å². The number of alkyl halides is 2. The number of nitriles is 1. The Kier molecular flexibility index (Phi) is 28.2. The lowest BCUT2D eigenvalue weighted by molar-refractivity contribution is -0.129. The number of hydrogen-bond donors (Lipinski definition) is 1. The molecule has 26 rings (SSSR count). The van der Waals surface area contributed by atoms with Gasteiger partial charge in [-0.15, -0.1) is 38.0 Å². The van der Waals surface area contributed by atoms with Crippen LogP contribution in [0.25, 0.3) is 43.1 Å². The number of anilines is 10. The van der Waals surface area contributed by atoms with Gasteiger partial charge in [0.2, 0.25) is 16.9 Å². The highest BCUT2D eigenvalue weighted by Crippen LogP contribution is 2.51. The van der Waals surface area contributed by atoms with Crippen LogP contribution in [0.4, 0.5) is 70.7 Å². The molecule has 0 bridgehead atoms. The van der Waals surface area contributed by atoms with Gasteiger partial charge in [0, 0.05) is 286 Å². The zero-order valence-corrected chi connectivity index (χ0v) is 87.8. The number of rotatable bonds is 15. The van der Waals surface area contributed by atoms with Crippen LogP contribution in [0.5, 0.6) is 0 Å². The number of aromatic nitrogens is 18. The summed E-state index contributed by atoms with van der Waals surface area (Å²) in [6.45, 7) is 24.7. The maximum atomic E-state index is 14.4. The van der Waals surface area contributed by atoms with Gasteiger partial charge in [0.25, 0.3) is 6.43 Å². The molecule has 0 aliphatic carbocycles. The van der Waals surface area contributed by atoms with Gasteiger partial charge in [-0.25, -0.2) is 23.5 Å². The lowest BCUT2D eigenvalue weighted by Crippen LogP contribution is -2.42. The first-order valence-corrected chi connectivity index (χ1v) is 55.0. The zero-order valence-electron chi connectivity index (χ0n) is 85.3. The molecule has 12 aliphatic rings. The highest BCUT2D eigenvalue weighted by molar-refractivity contribution is 7.15. The predicted molar refractivity (Wildman–Crippen MR) is 565 cm³/mol. The smallest absolute Gasteiger partial charge is 0.318 e. The van der Waals surface area contributed by atoms with Crippen molar-refractivity contribution in [1.82, 2.24) is 104 Å². The van der Waals surface area contributed by atoms with Crippen LogP contribution in [0, 0.1) is 39.0 Å². The van der Waals surface area contributed by atoms with Crippen LogP contribution in [-0.2, 0) is 115 Å². The van der Waals surface area contributed by atoms with Crippen LogP contribution in [-0.4, -0.2) is 223 Å². The molecule has 4 aromatic carbocycles. The van der Waals surface area contributed by atoms with Crippen LogP contribution in [0.15, 0.2) is 102 Å². The fourth-order valence-corrected chi connectivity index (χ4v) is 26.1. The molecular weight excluding hydrogens is 1940 g/mol. The fourth-order valence-electron chi connectivity index (χ4n) is 23.8. The quantitative estimate of drug-likeness (QED) is 0.0996. The Morgan fingerprint density at radius 3 is 1.26 bits per heavy atom. The maximum absolute atomic E-state index is 14.4. The molecule has 4 fully saturated rings. The first kappa shape index (κ1) is 98.2. The van der Waals surface area contributed by atoms with Gasteiger partial charge in [-0.1, -0.05) is 28.6 Å². The zero-order chi connectivity index (χ0) is 101. The molecule has 0 saturated carbocycles. The van der Waals surface area contributed by atoms with Crippen molar-refractivity contribution < 1.29 is 41.7 Å². The third-order valence-corrected chi connectivity index (χ3v) is 34.0. The molecule has 148 heavy (non-hydrogen) atoms. The molecule has 10 aromatic heterocycles. The van der Waals surface area contributed by atoms with Gasteiger partial charge in [0.05, 0.1) is 94.1 Å². The monoisotopic (exact) mass is 2060 g/mol.